The first kappa shape index (κ1) is 17.3. The largest absolute Gasteiger partial charge is 0.462 e. The van der Waals surface area contributed by atoms with Gasteiger partial charge in [-0.05, 0) is 42.3 Å². The molecule has 4 heteroatoms. The number of para-hydroxylation sites is 1. The van der Waals surface area contributed by atoms with Crippen molar-refractivity contribution in [3.05, 3.63) is 65.7 Å². The third kappa shape index (κ3) is 5.29. The number of rotatable bonds is 7. The molecule has 0 aliphatic carbocycles. The monoisotopic (exact) mass is 320 g/mol. The summed E-state index contributed by atoms with van der Waals surface area (Å²) in [6.07, 6.45) is 3.28. The van der Waals surface area contributed by atoms with E-state index in [0.717, 1.165) is 29.8 Å². The van der Waals surface area contributed by atoms with Crippen LogP contribution in [0.3, 0.4) is 0 Å². The number of nitrogens with zero attached hydrogens (tertiary/aromatic N) is 1. The molecule has 0 saturated carbocycles. The van der Waals surface area contributed by atoms with Crippen LogP contribution in [0.25, 0.3) is 6.08 Å². The molecule has 0 bridgehead atoms. The van der Waals surface area contributed by atoms with Gasteiger partial charge in [0.2, 0.25) is 0 Å². The van der Waals surface area contributed by atoms with Crippen molar-refractivity contribution < 1.29 is 9.53 Å². The minimum absolute atomic E-state index is 0.00914. The number of hydrogen-bond donors (Lipinski definition) is 1. The van der Waals surface area contributed by atoms with Crippen molar-refractivity contribution in [2.24, 2.45) is 0 Å². The van der Waals surface area contributed by atoms with E-state index in [1.54, 1.807) is 6.08 Å². The molecule has 0 saturated heterocycles. The molecule has 1 N–H and O–H groups in total. The van der Waals surface area contributed by atoms with Gasteiger partial charge in [-0.2, -0.15) is 5.26 Å². The third-order valence-corrected chi connectivity index (χ3v) is 3.36. The van der Waals surface area contributed by atoms with E-state index in [-0.39, 0.29) is 5.57 Å². The fourth-order valence-electron chi connectivity index (χ4n) is 2.04. The van der Waals surface area contributed by atoms with Gasteiger partial charge in [0.05, 0.1) is 6.61 Å². The van der Waals surface area contributed by atoms with Crippen LogP contribution in [0.1, 0.15) is 25.3 Å². The highest BCUT2D eigenvalue weighted by molar-refractivity contribution is 5.97. The molecule has 0 aromatic heterocycles. The summed E-state index contributed by atoms with van der Waals surface area (Å²) in [5.41, 5.74) is 2.72. The van der Waals surface area contributed by atoms with Gasteiger partial charge < -0.3 is 10.1 Å². The van der Waals surface area contributed by atoms with E-state index in [4.69, 9.17) is 10.00 Å². The van der Waals surface area contributed by atoms with Gasteiger partial charge in [0, 0.05) is 11.4 Å². The molecule has 2 aromatic carbocycles. The summed E-state index contributed by atoms with van der Waals surface area (Å²) in [5.74, 6) is -0.572. The van der Waals surface area contributed by atoms with Crippen LogP contribution in [-0.4, -0.2) is 12.6 Å². The number of carbonyl (C=O) groups is 1. The normalized spacial score (nSPS) is 10.8. The predicted molar refractivity (Wildman–Crippen MR) is 95.6 cm³/mol. The highest BCUT2D eigenvalue weighted by Crippen LogP contribution is 2.18. The first-order valence-corrected chi connectivity index (χ1v) is 7.94. The third-order valence-electron chi connectivity index (χ3n) is 3.36. The van der Waals surface area contributed by atoms with Gasteiger partial charge in [0.1, 0.15) is 11.6 Å². The van der Waals surface area contributed by atoms with Crippen molar-refractivity contribution in [2.75, 3.05) is 11.9 Å². The number of ether oxygens (including phenoxy) is 1. The number of anilines is 2. The summed E-state index contributed by atoms with van der Waals surface area (Å²) in [6.45, 7) is 2.36. The second-order valence-corrected chi connectivity index (χ2v) is 5.27. The lowest BCUT2D eigenvalue weighted by atomic mass is 10.1. The van der Waals surface area contributed by atoms with Gasteiger partial charge in [0.15, 0.2) is 0 Å². The van der Waals surface area contributed by atoms with Gasteiger partial charge in [-0.25, -0.2) is 4.79 Å². The molecule has 122 valence electrons. The SMILES string of the molecule is CCCCOC(=O)/C(C#N)=C/c1ccc(Nc2ccccc2)cc1. The summed E-state index contributed by atoms with van der Waals surface area (Å²) in [4.78, 5) is 11.8. The Balaban J connectivity index is 2.03. The maximum absolute atomic E-state index is 11.8. The van der Waals surface area contributed by atoms with E-state index in [1.807, 2.05) is 67.6 Å². The second-order valence-electron chi connectivity index (χ2n) is 5.27. The van der Waals surface area contributed by atoms with Crippen LogP contribution < -0.4 is 5.32 Å². The highest BCUT2D eigenvalue weighted by Gasteiger charge is 2.10. The predicted octanol–water partition coefficient (Wildman–Crippen LogP) is 4.68. The fourth-order valence-corrected chi connectivity index (χ4v) is 2.04. The second kappa shape index (κ2) is 9.16. The minimum Gasteiger partial charge on any atom is -0.462 e. The van der Waals surface area contributed by atoms with Crippen molar-refractivity contribution in [1.82, 2.24) is 0 Å². The number of nitrogens with one attached hydrogen (secondary N) is 1. The summed E-state index contributed by atoms with van der Waals surface area (Å²) in [6, 6.07) is 19.2. The van der Waals surface area contributed by atoms with Crippen molar-refractivity contribution in [1.29, 1.82) is 5.26 Å². The van der Waals surface area contributed by atoms with Crippen LogP contribution in [0.15, 0.2) is 60.2 Å². The molecule has 0 aliphatic rings. The Labute approximate surface area is 142 Å². The van der Waals surface area contributed by atoms with Crippen LogP contribution in [0, 0.1) is 11.3 Å². The highest BCUT2D eigenvalue weighted by atomic mass is 16.5. The van der Waals surface area contributed by atoms with Crippen LogP contribution in [-0.2, 0) is 9.53 Å². The maximum Gasteiger partial charge on any atom is 0.348 e. The minimum atomic E-state index is -0.572. The number of hydrogen-bond acceptors (Lipinski definition) is 4. The molecule has 4 nitrogen and oxygen atoms in total. The van der Waals surface area contributed by atoms with Crippen LogP contribution in [0.5, 0.6) is 0 Å². The number of unbranched alkanes of at least 4 members (excludes halogenated alkanes) is 1. The zero-order valence-corrected chi connectivity index (χ0v) is 13.7. The van der Waals surface area contributed by atoms with Crippen molar-refractivity contribution >= 4 is 23.4 Å². The number of nitriles is 1. The van der Waals surface area contributed by atoms with Gasteiger partial charge >= 0.3 is 5.97 Å². The molecule has 2 aromatic rings. The van der Waals surface area contributed by atoms with Gasteiger partial charge in [-0.15, -0.1) is 0 Å². The Morgan fingerprint density at radius 3 is 2.42 bits per heavy atom. The average Bonchev–Trinajstić information content (AvgIpc) is 2.62. The lowest BCUT2D eigenvalue weighted by Crippen LogP contribution is -2.07. The van der Waals surface area contributed by atoms with Crippen LogP contribution in [0.2, 0.25) is 0 Å². The van der Waals surface area contributed by atoms with E-state index in [9.17, 15) is 4.79 Å². The van der Waals surface area contributed by atoms with E-state index < -0.39 is 5.97 Å². The summed E-state index contributed by atoms with van der Waals surface area (Å²) < 4.78 is 5.07. The van der Waals surface area contributed by atoms with Gasteiger partial charge in [-0.1, -0.05) is 43.7 Å². The summed E-state index contributed by atoms with van der Waals surface area (Å²) in [5, 5.41) is 12.4. The summed E-state index contributed by atoms with van der Waals surface area (Å²) >= 11 is 0. The Morgan fingerprint density at radius 2 is 1.79 bits per heavy atom. The molecule has 0 heterocycles. The molecule has 0 fully saturated rings. The number of carbonyl (C=O) groups excluding carboxylic acids is 1. The molecule has 0 atom stereocenters. The number of esters is 1. The fraction of sp³-hybridized carbons (Fsp3) is 0.200. The zero-order valence-electron chi connectivity index (χ0n) is 13.7. The molecule has 0 radical (unpaired) electrons. The Kier molecular flexibility index (Phi) is 6.60. The molecule has 0 unspecified atom stereocenters. The van der Waals surface area contributed by atoms with Gasteiger partial charge in [0.25, 0.3) is 0 Å². The Hall–Kier alpha value is -3.06. The molecule has 0 spiro atoms. The van der Waals surface area contributed by atoms with E-state index in [0.29, 0.717) is 6.61 Å². The molecule has 0 amide bonds. The smallest absolute Gasteiger partial charge is 0.348 e. The molecular weight excluding hydrogens is 300 g/mol. The van der Waals surface area contributed by atoms with E-state index in [2.05, 4.69) is 5.32 Å². The Bertz CT molecular complexity index is 728. The Morgan fingerprint density at radius 1 is 1.12 bits per heavy atom. The lowest BCUT2D eigenvalue weighted by molar-refractivity contribution is -0.138. The summed E-state index contributed by atoms with van der Waals surface area (Å²) in [7, 11) is 0. The average molecular weight is 320 g/mol. The van der Waals surface area contributed by atoms with Crippen LogP contribution >= 0.6 is 0 Å². The van der Waals surface area contributed by atoms with E-state index >= 15 is 0 Å². The van der Waals surface area contributed by atoms with Crippen molar-refractivity contribution in [3.8, 4) is 6.07 Å². The van der Waals surface area contributed by atoms with Crippen LogP contribution in [0.4, 0.5) is 11.4 Å². The standard InChI is InChI=1S/C20H20N2O2/c1-2-3-13-24-20(23)17(15-21)14-16-9-11-19(12-10-16)22-18-7-5-4-6-8-18/h4-12,14,22H,2-3,13H2,1H3/b17-14+. The van der Waals surface area contributed by atoms with Gasteiger partial charge in [-0.3, -0.25) is 0 Å². The molecular formula is C20H20N2O2. The molecule has 24 heavy (non-hydrogen) atoms. The molecule has 2 rings (SSSR count). The quantitative estimate of drug-likeness (QED) is 0.348. The molecule has 0 aliphatic heterocycles. The first-order valence-electron chi connectivity index (χ1n) is 7.94. The van der Waals surface area contributed by atoms with E-state index in [1.165, 1.54) is 0 Å². The first-order chi connectivity index (χ1) is 11.7. The zero-order chi connectivity index (χ0) is 17.2. The topological polar surface area (TPSA) is 62.1 Å². The maximum atomic E-state index is 11.8. The lowest BCUT2D eigenvalue weighted by Gasteiger charge is -2.06. The van der Waals surface area contributed by atoms with Crippen molar-refractivity contribution in [3.63, 3.8) is 0 Å². The number of benzene rings is 2. The van der Waals surface area contributed by atoms with Crippen molar-refractivity contribution in [2.45, 2.75) is 19.8 Å².